The van der Waals surface area contributed by atoms with Crippen LogP contribution < -0.4 is 0 Å². The molecule has 0 spiro atoms. The van der Waals surface area contributed by atoms with E-state index in [1.54, 1.807) is 6.08 Å². The molecular formula is C20H18O2. The van der Waals surface area contributed by atoms with E-state index < -0.39 is 0 Å². The molecule has 0 atom stereocenters. The van der Waals surface area contributed by atoms with Crippen molar-refractivity contribution in [1.29, 1.82) is 0 Å². The van der Waals surface area contributed by atoms with E-state index in [0.29, 0.717) is 17.3 Å². The van der Waals surface area contributed by atoms with Crippen LogP contribution >= 0.6 is 0 Å². The molecule has 3 rings (SSSR count). The van der Waals surface area contributed by atoms with Crippen molar-refractivity contribution in [3.63, 3.8) is 0 Å². The minimum atomic E-state index is -0.299. The first-order valence-corrected chi connectivity index (χ1v) is 7.44. The van der Waals surface area contributed by atoms with E-state index in [-0.39, 0.29) is 5.97 Å². The van der Waals surface area contributed by atoms with Crippen LogP contribution in [0.5, 0.6) is 0 Å². The van der Waals surface area contributed by atoms with Crippen LogP contribution in [0.4, 0.5) is 0 Å². The summed E-state index contributed by atoms with van der Waals surface area (Å²) in [6.07, 6.45) is 3.66. The maximum absolute atomic E-state index is 12.0. The van der Waals surface area contributed by atoms with Gasteiger partial charge in [-0.15, -0.1) is 0 Å². The molecule has 0 saturated carbocycles. The quantitative estimate of drug-likeness (QED) is 0.600. The molecule has 0 fully saturated rings. The van der Waals surface area contributed by atoms with Gasteiger partial charge in [-0.3, -0.25) is 0 Å². The van der Waals surface area contributed by atoms with Crippen molar-refractivity contribution in [2.75, 3.05) is 0 Å². The van der Waals surface area contributed by atoms with Crippen molar-refractivity contribution in [3.8, 4) is 0 Å². The second kappa shape index (κ2) is 6.02. The van der Waals surface area contributed by atoms with Crippen molar-refractivity contribution in [1.82, 2.24) is 0 Å². The van der Waals surface area contributed by atoms with Gasteiger partial charge >= 0.3 is 5.97 Å². The second-order valence-corrected chi connectivity index (χ2v) is 5.69. The Kier molecular flexibility index (Phi) is 3.92. The number of ether oxygens (including phenoxy) is 1. The molecule has 1 aliphatic rings. The lowest BCUT2D eigenvalue weighted by molar-refractivity contribution is -0.130. The summed E-state index contributed by atoms with van der Waals surface area (Å²) in [5.74, 6) is 0.810. The van der Waals surface area contributed by atoms with Gasteiger partial charge in [-0.25, -0.2) is 4.79 Å². The summed E-state index contributed by atoms with van der Waals surface area (Å²) in [5, 5.41) is 0. The van der Waals surface area contributed by atoms with Crippen LogP contribution in [-0.4, -0.2) is 5.97 Å². The first-order valence-electron chi connectivity index (χ1n) is 7.44. The first kappa shape index (κ1) is 14.3. The molecule has 0 unspecified atom stereocenters. The standard InChI is InChI=1S/C20H18O2/c1-14(2)16-10-8-15(9-11-16)12-18-13-19(22-20(18)21)17-6-4-3-5-7-17/h3-14H,1-2H3/b18-12+. The monoisotopic (exact) mass is 290 g/mol. The zero-order valence-corrected chi connectivity index (χ0v) is 12.7. The molecule has 1 heterocycles. The van der Waals surface area contributed by atoms with Gasteiger partial charge in [0, 0.05) is 5.56 Å². The highest BCUT2D eigenvalue weighted by atomic mass is 16.5. The van der Waals surface area contributed by atoms with Crippen LogP contribution in [-0.2, 0) is 9.53 Å². The van der Waals surface area contributed by atoms with Crippen LogP contribution in [0.25, 0.3) is 11.8 Å². The molecule has 0 aromatic heterocycles. The molecule has 2 aromatic carbocycles. The van der Waals surface area contributed by atoms with E-state index in [2.05, 4.69) is 26.0 Å². The van der Waals surface area contributed by atoms with E-state index in [9.17, 15) is 4.79 Å². The molecule has 2 nitrogen and oxygen atoms in total. The molecule has 22 heavy (non-hydrogen) atoms. The van der Waals surface area contributed by atoms with Gasteiger partial charge in [-0.2, -0.15) is 0 Å². The Morgan fingerprint density at radius 1 is 0.955 bits per heavy atom. The molecule has 2 heteroatoms. The maximum Gasteiger partial charge on any atom is 0.343 e. The molecule has 0 bridgehead atoms. The lowest BCUT2D eigenvalue weighted by Gasteiger charge is -2.04. The Hall–Kier alpha value is -2.61. The van der Waals surface area contributed by atoms with Crippen molar-refractivity contribution in [3.05, 3.63) is 82.9 Å². The third-order valence-corrected chi connectivity index (χ3v) is 3.71. The minimum Gasteiger partial charge on any atom is -0.422 e. The highest BCUT2D eigenvalue weighted by Crippen LogP contribution is 2.27. The fourth-order valence-electron chi connectivity index (χ4n) is 2.39. The van der Waals surface area contributed by atoms with Gasteiger partial charge in [-0.1, -0.05) is 68.4 Å². The molecular weight excluding hydrogens is 272 g/mol. The van der Waals surface area contributed by atoms with Gasteiger partial charge in [-0.05, 0) is 29.2 Å². The number of esters is 1. The topological polar surface area (TPSA) is 26.3 Å². The number of hydrogen-bond acceptors (Lipinski definition) is 2. The summed E-state index contributed by atoms with van der Waals surface area (Å²) in [4.78, 5) is 12.0. The summed E-state index contributed by atoms with van der Waals surface area (Å²) in [6.45, 7) is 4.33. The molecule has 110 valence electrons. The normalized spacial score (nSPS) is 16.0. The van der Waals surface area contributed by atoms with E-state index in [1.807, 2.05) is 48.5 Å². The van der Waals surface area contributed by atoms with Crippen LogP contribution in [0.1, 0.15) is 36.5 Å². The van der Waals surface area contributed by atoms with Crippen LogP contribution in [0.3, 0.4) is 0 Å². The highest BCUT2D eigenvalue weighted by Gasteiger charge is 2.21. The average molecular weight is 290 g/mol. The van der Waals surface area contributed by atoms with Crippen LogP contribution in [0.2, 0.25) is 0 Å². The fourth-order valence-corrected chi connectivity index (χ4v) is 2.39. The number of benzene rings is 2. The molecule has 2 aromatic rings. The predicted octanol–water partition coefficient (Wildman–Crippen LogP) is 4.79. The molecule has 0 radical (unpaired) electrons. The summed E-state index contributed by atoms with van der Waals surface area (Å²) in [6, 6.07) is 17.9. The fraction of sp³-hybridized carbons (Fsp3) is 0.150. The Balaban J connectivity index is 1.87. The molecule has 0 N–H and O–H groups in total. The van der Waals surface area contributed by atoms with Gasteiger partial charge in [0.05, 0.1) is 5.57 Å². The third-order valence-electron chi connectivity index (χ3n) is 3.71. The van der Waals surface area contributed by atoms with Crippen molar-refractivity contribution < 1.29 is 9.53 Å². The Labute approximate surface area is 130 Å². The second-order valence-electron chi connectivity index (χ2n) is 5.69. The van der Waals surface area contributed by atoms with Gasteiger partial charge in [0.25, 0.3) is 0 Å². The van der Waals surface area contributed by atoms with E-state index >= 15 is 0 Å². The molecule has 0 amide bonds. The minimum absolute atomic E-state index is 0.299. The number of carbonyl (C=O) groups is 1. The SMILES string of the molecule is CC(C)c1ccc(/C=C2\C=C(c3ccccc3)OC2=O)cc1. The molecule has 0 aliphatic carbocycles. The Morgan fingerprint density at radius 3 is 2.27 bits per heavy atom. The van der Waals surface area contributed by atoms with Gasteiger partial charge < -0.3 is 4.74 Å². The number of cyclic esters (lactones) is 1. The zero-order chi connectivity index (χ0) is 15.5. The lowest BCUT2D eigenvalue weighted by Crippen LogP contribution is -1.97. The molecule has 1 aliphatic heterocycles. The van der Waals surface area contributed by atoms with E-state index in [4.69, 9.17) is 4.74 Å². The first-order chi connectivity index (χ1) is 10.6. The number of rotatable bonds is 3. The summed E-state index contributed by atoms with van der Waals surface area (Å²) in [5.41, 5.74) is 3.78. The largest absolute Gasteiger partial charge is 0.422 e. The molecule has 0 saturated heterocycles. The van der Waals surface area contributed by atoms with E-state index in [0.717, 1.165) is 11.1 Å². The van der Waals surface area contributed by atoms with Gasteiger partial charge in [0.15, 0.2) is 0 Å². The highest BCUT2D eigenvalue weighted by molar-refractivity contribution is 6.05. The summed E-state index contributed by atoms with van der Waals surface area (Å²) >= 11 is 0. The van der Waals surface area contributed by atoms with Crippen molar-refractivity contribution >= 4 is 17.8 Å². The predicted molar refractivity (Wildman–Crippen MR) is 89.0 cm³/mol. The number of carbonyl (C=O) groups excluding carboxylic acids is 1. The average Bonchev–Trinajstić information content (AvgIpc) is 2.90. The Bertz CT molecular complexity index is 735. The van der Waals surface area contributed by atoms with Crippen LogP contribution in [0.15, 0.2) is 66.2 Å². The van der Waals surface area contributed by atoms with E-state index in [1.165, 1.54) is 5.56 Å². The van der Waals surface area contributed by atoms with Crippen molar-refractivity contribution in [2.45, 2.75) is 19.8 Å². The zero-order valence-electron chi connectivity index (χ0n) is 12.7. The smallest absolute Gasteiger partial charge is 0.343 e. The Morgan fingerprint density at radius 2 is 1.64 bits per heavy atom. The maximum atomic E-state index is 12.0. The lowest BCUT2D eigenvalue weighted by atomic mass is 10.0. The summed E-state index contributed by atoms with van der Waals surface area (Å²) in [7, 11) is 0. The van der Waals surface area contributed by atoms with Gasteiger partial charge in [0.1, 0.15) is 5.76 Å². The third kappa shape index (κ3) is 3.01. The van der Waals surface area contributed by atoms with Crippen LogP contribution in [0, 0.1) is 0 Å². The van der Waals surface area contributed by atoms with Crippen molar-refractivity contribution in [2.24, 2.45) is 0 Å². The number of hydrogen-bond donors (Lipinski definition) is 0. The summed E-state index contributed by atoms with van der Waals surface area (Å²) < 4.78 is 5.35. The van der Waals surface area contributed by atoms with Gasteiger partial charge in [0.2, 0.25) is 0 Å².